The van der Waals surface area contributed by atoms with Crippen LogP contribution in [-0.4, -0.2) is 26.2 Å². The first kappa shape index (κ1) is 15.7. The van der Waals surface area contributed by atoms with Gasteiger partial charge in [-0.15, -0.1) is 0 Å². The molecule has 0 spiro atoms. The van der Waals surface area contributed by atoms with Crippen molar-refractivity contribution in [3.05, 3.63) is 53.1 Å². The number of hydrogen-bond donors (Lipinski definition) is 1. The zero-order chi connectivity index (χ0) is 16.4. The van der Waals surface area contributed by atoms with Gasteiger partial charge in [0.2, 0.25) is 0 Å². The van der Waals surface area contributed by atoms with Gasteiger partial charge < -0.3 is 14.8 Å². The van der Waals surface area contributed by atoms with E-state index in [1.54, 1.807) is 14.2 Å². The van der Waals surface area contributed by atoms with Gasteiger partial charge in [0.15, 0.2) is 0 Å². The average molecular weight is 312 g/mol. The van der Waals surface area contributed by atoms with Crippen LogP contribution < -0.4 is 14.8 Å². The minimum Gasteiger partial charge on any atom is -0.497 e. The van der Waals surface area contributed by atoms with Crippen molar-refractivity contribution in [3.63, 3.8) is 0 Å². The summed E-state index contributed by atoms with van der Waals surface area (Å²) in [5, 5.41) is 3.57. The van der Waals surface area contributed by atoms with Crippen LogP contribution in [0.3, 0.4) is 0 Å². The Morgan fingerprint density at radius 3 is 2.52 bits per heavy atom. The molecule has 122 valence electrons. The maximum Gasteiger partial charge on any atom is 0.124 e. The van der Waals surface area contributed by atoms with Gasteiger partial charge in [-0.2, -0.15) is 0 Å². The molecule has 0 fully saturated rings. The highest BCUT2D eigenvalue weighted by Gasteiger charge is 2.17. The standard InChI is InChI=1S/C19H24N2O2/c1-13(18-10-17(22-3)7-8-19(18)23-4)20-16-6-5-14-11-21(2)12-15(14)9-16/h5-10,13,20H,11-12H2,1-4H3/t13-/m1/s1. The second-order valence-electron chi connectivity index (χ2n) is 6.13. The van der Waals surface area contributed by atoms with E-state index in [0.29, 0.717) is 0 Å². The van der Waals surface area contributed by atoms with E-state index in [9.17, 15) is 0 Å². The van der Waals surface area contributed by atoms with Gasteiger partial charge in [-0.1, -0.05) is 6.07 Å². The first-order valence-electron chi connectivity index (χ1n) is 7.89. The molecule has 2 aromatic rings. The molecule has 0 bridgehead atoms. The highest BCUT2D eigenvalue weighted by Crippen LogP contribution is 2.32. The van der Waals surface area contributed by atoms with Crippen LogP contribution in [0.5, 0.6) is 11.5 Å². The molecule has 2 aromatic carbocycles. The number of benzene rings is 2. The van der Waals surface area contributed by atoms with Crippen molar-refractivity contribution in [2.24, 2.45) is 0 Å². The Morgan fingerprint density at radius 2 is 1.78 bits per heavy atom. The predicted molar refractivity (Wildman–Crippen MR) is 93.2 cm³/mol. The number of rotatable bonds is 5. The third kappa shape index (κ3) is 3.27. The van der Waals surface area contributed by atoms with Crippen LogP contribution in [-0.2, 0) is 13.1 Å². The highest BCUT2D eigenvalue weighted by molar-refractivity contribution is 5.53. The second-order valence-corrected chi connectivity index (χ2v) is 6.13. The highest BCUT2D eigenvalue weighted by atomic mass is 16.5. The van der Waals surface area contributed by atoms with E-state index >= 15 is 0 Å². The van der Waals surface area contributed by atoms with Gasteiger partial charge in [-0.05, 0) is 55.4 Å². The lowest BCUT2D eigenvalue weighted by Crippen LogP contribution is -2.09. The monoisotopic (exact) mass is 312 g/mol. The van der Waals surface area contributed by atoms with E-state index in [2.05, 4.69) is 42.4 Å². The summed E-state index contributed by atoms with van der Waals surface area (Å²) in [7, 11) is 5.53. The normalized spacial score (nSPS) is 15.1. The number of nitrogens with one attached hydrogen (secondary N) is 1. The maximum absolute atomic E-state index is 5.49. The molecule has 0 aromatic heterocycles. The summed E-state index contributed by atoms with van der Waals surface area (Å²) in [5.74, 6) is 1.71. The third-order valence-corrected chi connectivity index (χ3v) is 4.37. The fraction of sp³-hybridized carbons (Fsp3) is 0.368. The summed E-state index contributed by atoms with van der Waals surface area (Å²) in [6, 6.07) is 12.6. The van der Waals surface area contributed by atoms with Gasteiger partial charge in [-0.25, -0.2) is 0 Å². The van der Waals surface area contributed by atoms with E-state index in [-0.39, 0.29) is 6.04 Å². The Kier molecular flexibility index (Phi) is 4.44. The maximum atomic E-state index is 5.49. The van der Waals surface area contributed by atoms with Crippen LogP contribution in [0.2, 0.25) is 0 Å². The molecule has 0 radical (unpaired) electrons. The Bertz CT molecular complexity index is 700. The van der Waals surface area contributed by atoms with Crippen molar-refractivity contribution in [1.82, 2.24) is 4.90 Å². The van der Waals surface area contributed by atoms with E-state index in [0.717, 1.165) is 35.8 Å². The molecule has 0 saturated heterocycles. The lowest BCUT2D eigenvalue weighted by atomic mass is 10.0. The predicted octanol–water partition coefficient (Wildman–Crippen LogP) is 3.82. The molecule has 1 aliphatic rings. The largest absolute Gasteiger partial charge is 0.497 e. The Morgan fingerprint density at radius 1 is 1.00 bits per heavy atom. The molecule has 0 amide bonds. The molecule has 1 aliphatic heterocycles. The summed E-state index contributed by atoms with van der Waals surface area (Å²) in [4.78, 5) is 2.32. The van der Waals surface area contributed by atoms with Crippen LogP contribution in [0.4, 0.5) is 5.69 Å². The van der Waals surface area contributed by atoms with Gasteiger partial charge in [0.25, 0.3) is 0 Å². The molecular weight excluding hydrogens is 288 g/mol. The van der Waals surface area contributed by atoms with E-state index < -0.39 is 0 Å². The molecule has 3 rings (SSSR count). The third-order valence-electron chi connectivity index (χ3n) is 4.37. The topological polar surface area (TPSA) is 33.7 Å². The van der Waals surface area contributed by atoms with E-state index in [1.165, 1.54) is 11.1 Å². The average Bonchev–Trinajstić information content (AvgIpc) is 2.93. The molecule has 0 unspecified atom stereocenters. The molecule has 0 saturated carbocycles. The molecule has 23 heavy (non-hydrogen) atoms. The Balaban J connectivity index is 1.82. The molecule has 1 atom stereocenters. The minimum atomic E-state index is 0.122. The van der Waals surface area contributed by atoms with Gasteiger partial charge in [0, 0.05) is 24.3 Å². The second kappa shape index (κ2) is 6.50. The zero-order valence-corrected chi connectivity index (χ0v) is 14.2. The molecule has 4 heteroatoms. The van der Waals surface area contributed by atoms with Crippen LogP contribution >= 0.6 is 0 Å². The van der Waals surface area contributed by atoms with Crippen LogP contribution in [0.1, 0.15) is 29.7 Å². The van der Waals surface area contributed by atoms with Gasteiger partial charge in [-0.3, -0.25) is 4.90 Å². The number of fused-ring (bicyclic) bond motifs is 1. The summed E-state index contributed by atoms with van der Waals surface area (Å²) < 4.78 is 10.8. The van der Waals surface area contributed by atoms with Gasteiger partial charge in [0.05, 0.1) is 20.3 Å². The quantitative estimate of drug-likeness (QED) is 0.910. The van der Waals surface area contributed by atoms with Crippen LogP contribution in [0.15, 0.2) is 36.4 Å². The lowest BCUT2D eigenvalue weighted by Gasteiger charge is -2.19. The van der Waals surface area contributed by atoms with Gasteiger partial charge >= 0.3 is 0 Å². The molecular formula is C19H24N2O2. The fourth-order valence-electron chi connectivity index (χ4n) is 3.16. The fourth-order valence-corrected chi connectivity index (χ4v) is 3.16. The van der Waals surface area contributed by atoms with Crippen molar-refractivity contribution in [3.8, 4) is 11.5 Å². The van der Waals surface area contributed by atoms with Crippen LogP contribution in [0.25, 0.3) is 0 Å². The molecule has 4 nitrogen and oxygen atoms in total. The van der Waals surface area contributed by atoms with E-state index in [4.69, 9.17) is 9.47 Å². The number of methoxy groups -OCH3 is 2. The molecule has 1 N–H and O–H groups in total. The molecule has 0 aliphatic carbocycles. The smallest absolute Gasteiger partial charge is 0.124 e. The SMILES string of the molecule is COc1ccc(OC)c([C@@H](C)Nc2ccc3c(c2)CN(C)C3)c1. The molecule has 1 heterocycles. The number of ether oxygens (including phenoxy) is 2. The Hall–Kier alpha value is -2.20. The van der Waals surface area contributed by atoms with Crippen molar-refractivity contribution in [2.45, 2.75) is 26.1 Å². The summed E-state index contributed by atoms with van der Waals surface area (Å²) in [6.07, 6.45) is 0. The van der Waals surface area contributed by atoms with Crippen molar-refractivity contribution in [1.29, 1.82) is 0 Å². The summed E-state index contributed by atoms with van der Waals surface area (Å²) in [5.41, 5.74) is 5.05. The van der Waals surface area contributed by atoms with Crippen molar-refractivity contribution in [2.75, 3.05) is 26.6 Å². The number of anilines is 1. The minimum absolute atomic E-state index is 0.122. The summed E-state index contributed by atoms with van der Waals surface area (Å²) in [6.45, 7) is 4.19. The van der Waals surface area contributed by atoms with Crippen LogP contribution in [0, 0.1) is 0 Å². The number of hydrogen-bond acceptors (Lipinski definition) is 4. The Labute approximate surface area is 138 Å². The van der Waals surface area contributed by atoms with E-state index in [1.807, 2.05) is 18.2 Å². The first-order valence-corrected chi connectivity index (χ1v) is 7.89. The summed E-state index contributed by atoms with van der Waals surface area (Å²) >= 11 is 0. The van der Waals surface area contributed by atoms with Crippen molar-refractivity contribution < 1.29 is 9.47 Å². The lowest BCUT2D eigenvalue weighted by molar-refractivity contribution is 0.353. The van der Waals surface area contributed by atoms with Crippen molar-refractivity contribution >= 4 is 5.69 Å². The number of nitrogens with zero attached hydrogens (tertiary/aromatic N) is 1. The van der Waals surface area contributed by atoms with Gasteiger partial charge in [0.1, 0.15) is 11.5 Å². The zero-order valence-electron chi connectivity index (χ0n) is 14.2. The first-order chi connectivity index (χ1) is 11.1.